The first-order valence-corrected chi connectivity index (χ1v) is 8.67. The van der Waals surface area contributed by atoms with Crippen molar-refractivity contribution >= 4 is 11.8 Å². The molecule has 0 aliphatic rings. The van der Waals surface area contributed by atoms with E-state index in [0.717, 1.165) is 22.8 Å². The van der Waals surface area contributed by atoms with Crippen LogP contribution in [-0.4, -0.2) is 21.4 Å². The molecule has 0 radical (unpaired) electrons. The molecule has 3 aromatic rings. The summed E-state index contributed by atoms with van der Waals surface area (Å²) in [6, 6.07) is 15.1. The van der Waals surface area contributed by atoms with Gasteiger partial charge in [-0.3, -0.25) is 25.4 Å². The number of aryl methyl sites for hydroxylation is 3. The topological polar surface area (TPSA) is 76.0 Å². The van der Waals surface area contributed by atoms with Gasteiger partial charge in [-0.1, -0.05) is 18.2 Å². The molecule has 2 N–H and O–H groups in total. The number of rotatable bonds is 3. The average molecular weight is 362 g/mol. The Morgan fingerprint density at radius 3 is 2.11 bits per heavy atom. The Bertz CT molecular complexity index is 1010. The summed E-state index contributed by atoms with van der Waals surface area (Å²) >= 11 is 0. The van der Waals surface area contributed by atoms with Gasteiger partial charge >= 0.3 is 0 Å². The van der Waals surface area contributed by atoms with E-state index in [9.17, 15) is 9.59 Å². The summed E-state index contributed by atoms with van der Waals surface area (Å²) in [5.41, 5.74) is 10.1. The van der Waals surface area contributed by atoms with Gasteiger partial charge in [-0.2, -0.15) is 0 Å². The first kappa shape index (κ1) is 18.4. The van der Waals surface area contributed by atoms with Crippen molar-refractivity contribution in [1.82, 2.24) is 20.4 Å². The van der Waals surface area contributed by atoms with Crippen molar-refractivity contribution in [2.75, 3.05) is 0 Å². The maximum absolute atomic E-state index is 12.6. The molecule has 2 heterocycles. The van der Waals surface area contributed by atoms with Gasteiger partial charge in [-0.15, -0.1) is 0 Å². The smallest absolute Gasteiger partial charge is 0.271 e. The van der Waals surface area contributed by atoms with Crippen LogP contribution in [-0.2, 0) is 0 Å². The van der Waals surface area contributed by atoms with E-state index in [0.29, 0.717) is 16.8 Å². The molecular weight excluding hydrogens is 340 g/mol. The number of hydrogen-bond acceptors (Lipinski definition) is 3. The molecule has 6 heteroatoms. The maximum atomic E-state index is 12.6. The Morgan fingerprint density at radius 1 is 0.852 bits per heavy atom. The van der Waals surface area contributed by atoms with E-state index >= 15 is 0 Å². The number of benzene rings is 1. The number of carbonyl (C=O) groups is 2. The van der Waals surface area contributed by atoms with Crippen LogP contribution in [0, 0.1) is 27.7 Å². The van der Waals surface area contributed by atoms with Crippen molar-refractivity contribution in [3.63, 3.8) is 0 Å². The van der Waals surface area contributed by atoms with E-state index in [1.807, 2.05) is 61.7 Å². The summed E-state index contributed by atoms with van der Waals surface area (Å²) in [6.07, 6.45) is 0. The van der Waals surface area contributed by atoms with Crippen LogP contribution in [0.5, 0.6) is 0 Å². The molecule has 0 unspecified atom stereocenters. The number of para-hydroxylation sites is 1. The number of carbonyl (C=O) groups excluding carboxylic acids is 2. The molecule has 2 amide bonds. The third-order valence-electron chi connectivity index (χ3n) is 4.45. The minimum absolute atomic E-state index is 0.364. The zero-order valence-corrected chi connectivity index (χ0v) is 15.8. The van der Waals surface area contributed by atoms with Gasteiger partial charge in [0.1, 0.15) is 0 Å². The largest absolute Gasteiger partial charge is 0.318 e. The number of hydrogen-bond donors (Lipinski definition) is 2. The zero-order chi connectivity index (χ0) is 19.6. The van der Waals surface area contributed by atoms with Crippen LogP contribution in [0.25, 0.3) is 5.69 Å². The quantitative estimate of drug-likeness (QED) is 0.703. The molecule has 0 aliphatic carbocycles. The number of aromatic nitrogens is 2. The highest BCUT2D eigenvalue weighted by molar-refractivity contribution is 6.00. The van der Waals surface area contributed by atoms with E-state index in [2.05, 4.69) is 15.8 Å². The number of hydrazine groups is 1. The molecule has 3 rings (SSSR count). The molecule has 138 valence electrons. The van der Waals surface area contributed by atoms with Crippen molar-refractivity contribution in [2.45, 2.75) is 27.7 Å². The molecule has 2 aromatic heterocycles. The van der Waals surface area contributed by atoms with E-state index in [-0.39, 0.29) is 5.91 Å². The predicted molar refractivity (Wildman–Crippen MR) is 104 cm³/mol. The third-order valence-corrected chi connectivity index (χ3v) is 4.45. The normalized spacial score (nSPS) is 10.5. The minimum atomic E-state index is -0.398. The van der Waals surface area contributed by atoms with Gasteiger partial charge in [0.2, 0.25) is 0 Å². The molecule has 1 aromatic carbocycles. The Labute approximate surface area is 158 Å². The highest BCUT2D eigenvalue weighted by atomic mass is 16.2. The monoisotopic (exact) mass is 362 g/mol. The lowest BCUT2D eigenvalue weighted by atomic mass is 10.2. The molecule has 0 saturated heterocycles. The molecule has 6 nitrogen and oxygen atoms in total. The van der Waals surface area contributed by atoms with Gasteiger partial charge in [0.15, 0.2) is 0 Å². The fourth-order valence-corrected chi connectivity index (χ4v) is 3.14. The summed E-state index contributed by atoms with van der Waals surface area (Å²) in [5.74, 6) is -0.762. The summed E-state index contributed by atoms with van der Waals surface area (Å²) < 4.78 is 2.00. The van der Waals surface area contributed by atoms with Gasteiger partial charge in [0.25, 0.3) is 11.8 Å². The van der Waals surface area contributed by atoms with E-state index in [4.69, 9.17) is 0 Å². The number of pyridine rings is 1. The fourth-order valence-electron chi connectivity index (χ4n) is 3.14. The van der Waals surface area contributed by atoms with Gasteiger partial charge in [-0.25, -0.2) is 0 Å². The van der Waals surface area contributed by atoms with Crippen molar-refractivity contribution in [2.24, 2.45) is 0 Å². The second kappa shape index (κ2) is 7.45. The first-order valence-electron chi connectivity index (χ1n) is 8.67. The lowest BCUT2D eigenvalue weighted by Crippen LogP contribution is -2.42. The third kappa shape index (κ3) is 3.74. The Kier molecular flexibility index (Phi) is 5.07. The van der Waals surface area contributed by atoms with Crippen molar-refractivity contribution in [3.8, 4) is 5.69 Å². The van der Waals surface area contributed by atoms with Crippen LogP contribution < -0.4 is 10.9 Å². The van der Waals surface area contributed by atoms with Crippen LogP contribution in [0.1, 0.15) is 43.5 Å². The first-order chi connectivity index (χ1) is 12.9. The van der Waals surface area contributed by atoms with E-state index < -0.39 is 5.91 Å². The number of amides is 2. The van der Waals surface area contributed by atoms with Crippen LogP contribution >= 0.6 is 0 Å². The number of nitrogens with one attached hydrogen (secondary N) is 2. The minimum Gasteiger partial charge on any atom is -0.318 e. The van der Waals surface area contributed by atoms with Gasteiger partial charge in [0, 0.05) is 22.8 Å². The molecule has 0 atom stereocenters. The molecular formula is C21H22N4O2. The Balaban J connectivity index is 1.76. The van der Waals surface area contributed by atoms with E-state index in [1.54, 1.807) is 19.1 Å². The van der Waals surface area contributed by atoms with E-state index in [1.165, 1.54) is 0 Å². The zero-order valence-electron chi connectivity index (χ0n) is 15.8. The lowest BCUT2D eigenvalue weighted by molar-refractivity contribution is 0.0845. The lowest BCUT2D eigenvalue weighted by Gasteiger charge is -2.11. The van der Waals surface area contributed by atoms with Crippen molar-refractivity contribution < 1.29 is 9.59 Å². The molecule has 0 aliphatic heterocycles. The van der Waals surface area contributed by atoms with Crippen molar-refractivity contribution in [3.05, 3.63) is 82.4 Å². The second-order valence-corrected chi connectivity index (χ2v) is 6.45. The highest BCUT2D eigenvalue weighted by Gasteiger charge is 2.18. The average Bonchev–Trinajstić information content (AvgIpc) is 2.94. The summed E-state index contributed by atoms with van der Waals surface area (Å²) in [7, 11) is 0. The van der Waals surface area contributed by atoms with Crippen molar-refractivity contribution in [1.29, 1.82) is 0 Å². The second-order valence-electron chi connectivity index (χ2n) is 6.45. The van der Waals surface area contributed by atoms with Crippen LogP contribution in [0.2, 0.25) is 0 Å². The maximum Gasteiger partial charge on any atom is 0.271 e. The molecule has 0 spiro atoms. The molecule has 0 fully saturated rings. The van der Waals surface area contributed by atoms with Crippen LogP contribution in [0.15, 0.2) is 48.5 Å². The van der Waals surface area contributed by atoms with Gasteiger partial charge in [0.05, 0.1) is 16.8 Å². The molecule has 0 bridgehead atoms. The fraction of sp³-hybridized carbons (Fsp3) is 0.190. The standard InChI is InChI=1S/C21H22N4O2/c1-13-10-11-18(15(3)22-13)20(26)23-24-21(27)19-12-14(2)25(16(19)4)17-8-6-5-7-9-17/h5-12H,1-4H3,(H,23,26)(H,24,27). The van der Waals surface area contributed by atoms with Crippen LogP contribution in [0.4, 0.5) is 0 Å². The molecule has 27 heavy (non-hydrogen) atoms. The summed E-state index contributed by atoms with van der Waals surface area (Å²) in [6.45, 7) is 7.44. The number of nitrogens with zero attached hydrogens (tertiary/aromatic N) is 2. The summed E-state index contributed by atoms with van der Waals surface area (Å²) in [4.78, 5) is 29.2. The van der Waals surface area contributed by atoms with Gasteiger partial charge in [-0.05, 0) is 58.0 Å². The van der Waals surface area contributed by atoms with Crippen LogP contribution in [0.3, 0.4) is 0 Å². The predicted octanol–water partition coefficient (Wildman–Crippen LogP) is 3.18. The molecule has 0 saturated carbocycles. The Morgan fingerprint density at radius 2 is 1.48 bits per heavy atom. The SMILES string of the molecule is Cc1ccc(C(=O)NNC(=O)c2cc(C)n(-c3ccccc3)c2C)c(C)n1. The van der Waals surface area contributed by atoms with Gasteiger partial charge < -0.3 is 4.57 Å². The Hall–Kier alpha value is -3.41. The highest BCUT2D eigenvalue weighted by Crippen LogP contribution is 2.20. The summed E-state index contributed by atoms with van der Waals surface area (Å²) in [5, 5.41) is 0.